The maximum absolute atomic E-state index is 12.0. The summed E-state index contributed by atoms with van der Waals surface area (Å²) in [6.45, 7) is 9.12. The van der Waals surface area contributed by atoms with Gasteiger partial charge in [-0.15, -0.1) is 0 Å². The molecule has 0 aliphatic carbocycles. The summed E-state index contributed by atoms with van der Waals surface area (Å²) in [5.41, 5.74) is 3.17. The van der Waals surface area contributed by atoms with E-state index in [4.69, 9.17) is 0 Å². The maximum Gasteiger partial charge on any atom is 0.242 e. The molecular weight excluding hydrogens is 254 g/mol. The zero-order valence-electron chi connectivity index (χ0n) is 12.4. The van der Waals surface area contributed by atoms with Crippen LogP contribution in [0.4, 0.5) is 0 Å². The van der Waals surface area contributed by atoms with Crippen molar-refractivity contribution in [3.05, 3.63) is 35.4 Å². The molecule has 2 rings (SSSR count). The third-order valence-corrected chi connectivity index (χ3v) is 3.41. The van der Waals surface area contributed by atoms with Crippen LogP contribution in [0.2, 0.25) is 0 Å². The van der Waals surface area contributed by atoms with Crippen molar-refractivity contribution in [1.29, 1.82) is 0 Å². The van der Waals surface area contributed by atoms with Gasteiger partial charge in [0.25, 0.3) is 0 Å². The van der Waals surface area contributed by atoms with Crippen LogP contribution in [0.1, 0.15) is 36.8 Å². The number of hydrogen-bond acceptors (Lipinski definition) is 3. The van der Waals surface area contributed by atoms with Gasteiger partial charge in [0.2, 0.25) is 5.91 Å². The third kappa shape index (κ3) is 2.89. The number of carbonyl (C=O) groups excluding carboxylic acids is 1. The van der Waals surface area contributed by atoms with Gasteiger partial charge in [0.05, 0.1) is 11.7 Å². The summed E-state index contributed by atoms with van der Waals surface area (Å²) in [4.78, 5) is 12.0. The van der Waals surface area contributed by atoms with Gasteiger partial charge in [-0.2, -0.15) is 10.2 Å². The fraction of sp³-hybridized carbons (Fsp3) is 0.500. The Bertz CT molecular complexity index is 585. The van der Waals surface area contributed by atoms with E-state index in [1.165, 1.54) is 0 Å². The molecule has 2 aromatic rings. The Hall–Kier alpha value is -2.11. The van der Waals surface area contributed by atoms with Gasteiger partial charge in [0.1, 0.15) is 6.54 Å². The van der Waals surface area contributed by atoms with E-state index in [0.29, 0.717) is 0 Å². The fourth-order valence-corrected chi connectivity index (χ4v) is 2.55. The molecule has 2 heterocycles. The minimum absolute atomic E-state index is 0.0516. The summed E-state index contributed by atoms with van der Waals surface area (Å²) in [5, 5.41) is 11.5. The molecule has 0 saturated heterocycles. The van der Waals surface area contributed by atoms with Gasteiger partial charge in [-0.3, -0.25) is 14.2 Å². The van der Waals surface area contributed by atoms with E-state index in [9.17, 15) is 4.79 Å². The molecule has 0 bridgehead atoms. The highest BCUT2D eigenvalue weighted by Gasteiger charge is 2.18. The van der Waals surface area contributed by atoms with Crippen molar-refractivity contribution in [2.45, 2.75) is 46.8 Å². The molecule has 6 heteroatoms. The van der Waals surface area contributed by atoms with Crippen molar-refractivity contribution in [2.75, 3.05) is 0 Å². The molecule has 108 valence electrons. The van der Waals surface area contributed by atoms with Crippen LogP contribution in [0, 0.1) is 13.8 Å². The summed E-state index contributed by atoms with van der Waals surface area (Å²) < 4.78 is 3.57. The predicted octanol–water partition coefficient (Wildman–Crippen LogP) is 1.59. The lowest BCUT2D eigenvalue weighted by molar-refractivity contribution is -0.122. The lowest BCUT2D eigenvalue weighted by atomic mass is 10.1. The zero-order valence-corrected chi connectivity index (χ0v) is 12.4. The Morgan fingerprint density at radius 1 is 1.45 bits per heavy atom. The molecule has 2 aromatic heterocycles. The molecule has 1 amide bonds. The number of aryl methyl sites for hydroxylation is 2. The maximum atomic E-state index is 12.0. The van der Waals surface area contributed by atoms with E-state index in [1.54, 1.807) is 23.1 Å². The van der Waals surface area contributed by atoms with Gasteiger partial charge in [0.15, 0.2) is 0 Å². The SMILES string of the molecule is CCn1nc(C)c([C@@H](C)NC(=O)Cn2cccn2)c1C. The third-order valence-electron chi connectivity index (χ3n) is 3.41. The number of aromatic nitrogens is 4. The Morgan fingerprint density at radius 3 is 2.75 bits per heavy atom. The van der Waals surface area contributed by atoms with Gasteiger partial charge in [-0.05, 0) is 33.8 Å². The van der Waals surface area contributed by atoms with Crippen molar-refractivity contribution in [2.24, 2.45) is 0 Å². The van der Waals surface area contributed by atoms with Crippen molar-refractivity contribution >= 4 is 5.91 Å². The Labute approximate surface area is 118 Å². The van der Waals surface area contributed by atoms with Gasteiger partial charge in [0, 0.05) is 30.2 Å². The lowest BCUT2D eigenvalue weighted by Gasteiger charge is -2.15. The Kier molecular flexibility index (Phi) is 4.22. The van der Waals surface area contributed by atoms with E-state index in [1.807, 2.05) is 25.5 Å². The first kappa shape index (κ1) is 14.3. The molecule has 0 unspecified atom stereocenters. The average Bonchev–Trinajstić information content (AvgIpc) is 2.97. The smallest absolute Gasteiger partial charge is 0.242 e. The molecule has 6 nitrogen and oxygen atoms in total. The molecule has 0 aromatic carbocycles. The van der Waals surface area contributed by atoms with E-state index >= 15 is 0 Å². The van der Waals surface area contributed by atoms with Crippen molar-refractivity contribution < 1.29 is 4.79 Å². The van der Waals surface area contributed by atoms with E-state index in [-0.39, 0.29) is 18.5 Å². The first-order valence-corrected chi connectivity index (χ1v) is 6.83. The molecule has 20 heavy (non-hydrogen) atoms. The van der Waals surface area contributed by atoms with Crippen LogP contribution in [-0.4, -0.2) is 25.5 Å². The summed E-state index contributed by atoms with van der Waals surface area (Å²) in [5.74, 6) is -0.0516. The van der Waals surface area contributed by atoms with Crippen LogP contribution >= 0.6 is 0 Å². The number of carbonyl (C=O) groups is 1. The summed E-state index contributed by atoms with van der Waals surface area (Å²) >= 11 is 0. The van der Waals surface area contributed by atoms with Crippen LogP contribution in [0.15, 0.2) is 18.5 Å². The van der Waals surface area contributed by atoms with E-state index < -0.39 is 0 Å². The molecule has 1 N–H and O–H groups in total. The molecule has 0 saturated carbocycles. The first-order chi connectivity index (χ1) is 9.52. The molecular formula is C14H21N5O. The highest BCUT2D eigenvalue weighted by Crippen LogP contribution is 2.21. The number of amides is 1. The number of rotatable bonds is 5. The topological polar surface area (TPSA) is 64.7 Å². The Balaban J connectivity index is 2.06. The van der Waals surface area contributed by atoms with Crippen LogP contribution in [0.5, 0.6) is 0 Å². The quantitative estimate of drug-likeness (QED) is 0.901. The van der Waals surface area contributed by atoms with Crippen LogP contribution in [0.3, 0.4) is 0 Å². The molecule has 0 fully saturated rings. The average molecular weight is 275 g/mol. The van der Waals surface area contributed by atoms with Gasteiger partial charge >= 0.3 is 0 Å². The van der Waals surface area contributed by atoms with Crippen LogP contribution in [-0.2, 0) is 17.9 Å². The lowest BCUT2D eigenvalue weighted by Crippen LogP contribution is -2.30. The fourth-order valence-electron chi connectivity index (χ4n) is 2.55. The first-order valence-electron chi connectivity index (χ1n) is 6.83. The van der Waals surface area contributed by atoms with Gasteiger partial charge in [-0.25, -0.2) is 0 Å². The highest BCUT2D eigenvalue weighted by atomic mass is 16.2. The van der Waals surface area contributed by atoms with Crippen LogP contribution in [0.25, 0.3) is 0 Å². The standard InChI is InChI=1S/C14H21N5O/c1-5-19-12(4)14(11(3)17-19)10(2)16-13(20)9-18-8-6-7-15-18/h6-8,10H,5,9H2,1-4H3,(H,16,20)/t10-/m1/s1. The number of hydrogen-bond donors (Lipinski definition) is 1. The normalized spacial score (nSPS) is 12.4. The highest BCUT2D eigenvalue weighted by molar-refractivity contribution is 5.76. The van der Waals surface area contributed by atoms with E-state index in [0.717, 1.165) is 23.5 Å². The monoisotopic (exact) mass is 275 g/mol. The largest absolute Gasteiger partial charge is 0.348 e. The molecule has 0 radical (unpaired) electrons. The second kappa shape index (κ2) is 5.90. The van der Waals surface area contributed by atoms with Crippen molar-refractivity contribution in [1.82, 2.24) is 24.9 Å². The van der Waals surface area contributed by atoms with Crippen molar-refractivity contribution in [3.63, 3.8) is 0 Å². The summed E-state index contributed by atoms with van der Waals surface area (Å²) in [6, 6.07) is 1.74. The molecule has 1 atom stereocenters. The van der Waals surface area contributed by atoms with Crippen molar-refractivity contribution in [3.8, 4) is 0 Å². The zero-order chi connectivity index (χ0) is 14.7. The second-order valence-electron chi connectivity index (χ2n) is 4.89. The summed E-state index contributed by atoms with van der Waals surface area (Å²) in [6.07, 6.45) is 3.44. The number of nitrogens with zero attached hydrogens (tertiary/aromatic N) is 4. The van der Waals surface area contributed by atoms with Gasteiger partial charge < -0.3 is 5.32 Å². The summed E-state index contributed by atoms with van der Waals surface area (Å²) in [7, 11) is 0. The molecule has 0 spiro atoms. The minimum atomic E-state index is -0.0571. The second-order valence-corrected chi connectivity index (χ2v) is 4.89. The number of nitrogens with one attached hydrogen (secondary N) is 1. The van der Waals surface area contributed by atoms with Crippen LogP contribution < -0.4 is 5.32 Å². The minimum Gasteiger partial charge on any atom is -0.348 e. The predicted molar refractivity (Wildman–Crippen MR) is 76.2 cm³/mol. The van der Waals surface area contributed by atoms with E-state index in [2.05, 4.69) is 22.4 Å². The molecule has 0 aliphatic heterocycles. The van der Waals surface area contributed by atoms with Gasteiger partial charge in [-0.1, -0.05) is 0 Å². The Morgan fingerprint density at radius 2 is 2.20 bits per heavy atom. The molecule has 0 aliphatic rings.